The zero-order valence-electron chi connectivity index (χ0n) is 31.0. The average Bonchev–Trinajstić information content (AvgIpc) is 3.26. The average molecular weight is 878 g/mol. The molecule has 1 saturated heterocycles. The van der Waals surface area contributed by atoms with Crippen molar-refractivity contribution in [2.75, 3.05) is 19.8 Å². The molecule has 1 N–H and O–H groups in total. The number of amides is 2. The van der Waals surface area contributed by atoms with Crippen molar-refractivity contribution < 1.29 is 47.7 Å². The van der Waals surface area contributed by atoms with Crippen molar-refractivity contribution in [3.05, 3.63) is 157 Å². The number of carbonyl (C=O) groups excluding carboxylic acids is 5. The highest BCUT2D eigenvalue weighted by Crippen LogP contribution is 2.49. The highest BCUT2D eigenvalue weighted by Gasteiger charge is 2.57. The van der Waals surface area contributed by atoms with Gasteiger partial charge in [-0.1, -0.05) is 174 Å². The van der Waals surface area contributed by atoms with E-state index in [9.17, 15) is 19.2 Å². The summed E-state index contributed by atoms with van der Waals surface area (Å²) in [6, 6.07) is 43.4. The van der Waals surface area contributed by atoms with E-state index in [1.54, 1.807) is 54.6 Å². The van der Waals surface area contributed by atoms with Crippen molar-refractivity contribution in [3.63, 3.8) is 0 Å². The van der Waals surface area contributed by atoms with Crippen LogP contribution in [0.15, 0.2) is 152 Å². The van der Waals surface area contributed by atoms with E-state index in [1.807, 2.05) is 97.1 Å². The molecule has 0 aromatic heterocycles. The van der Waals surface area contributed by atoms with Gasteiger partial charge >= 0.3 is 18.1 Å². The van der Waals surface area contributed by atoms with E-state index < -0.39 is 72.7 Å². The molecule has 6 rings (SSSR count). The number of likely N-dealkylation sites (tertiary alicyclic amines) is 1. The molecule has 0 radical (unpaired) electrons. The maximum Gasteiger partial charge on any atom is 0.508 e. The highest BCUT2D eigenvalue weighted by molar-refractivity contribution is 7.96. The van der Waals surface area contributed by atoms with Crippen LogP contribution in [0.25, 0.3) is 0 Å². The van der Waals surface area contributed by atoms with Crippen LogP contribution in [0.5, 0.6) is 5.75 Å². The minimum Gasteiger partial charge on any atom is -0.484 e. The number of hydrogen-bond donors (Lipinski definition) is 1. The Morgan fingerprint density at radius 3 is 1.64 bits per heavy atom. The Hall–Kier alpha value is -5.78. The summed E-state index contributed by atoms with van der Waals surface area (Å²) in [7, 11) is 0. The molecule has 1 aliphatic heterocycles. The van der Waals surface area contributed by atoms with Gasteiger partial charge in [0.25, 0.3) is 11.8 Å². The van der Waals surface area contributed by atoms with Crippen LogP contribution in [0.2, 0.25) is 0 Å². The van der Waals surface area contributed by atoms with Gasteiger partial charge in [0.1, 0.15) is 24.4 Å². The lowest BCUT2D eigenvalue weighted by atomic mass is 10.0. The Morgan fingerprint density at radius 2 is 1.14 bits per heavy atom. The summed E-state index contributed by atoms with van der Waals surface area (Å²) in [4.78, 5) is 69.9. The Balaban J connectivity index is 1.48. The van der Waals surface area contributed by atoms with E-state index in [2.05, 4.69) is 5.32 Å². The van der Waals surface area contributed by atoms with Gasteiger partial charge in [-0.2, -0.15) is 0 Å². The molecule has 59 heavy (non-hydrogen) atoms. The lowest BCUT2D eigenvalue weighted by molar-refractivity contribution is -0.185. The Bertz CT molecular complexity index is 2200. The van der Waals surface area contributed by atoms with Gasteiger partial charge < -0.3 is 29.0 Å². The van der Waals surface area contributed by atoms with Crippen LogP contribution in [0.1, 0.15) is 5.56 Å². The van der Waals surface area contributed by atoms with Gasteiger partial charge in [-0.3, -0.25) is 14.5 Å². The van der Waals surface area contributed by atoms with E-state index >= 15 is 4.79 Å². The minimum absolute atomic E-state index is 0.145. The molecule has 1 heterocycles. The van der Waals surface area contributed by atoms with Gasteiger partial charge in [-0.25, -0.2) is 14.4 Å². The fourth-order valence-corrected chi connectivity index (χ4v) is 10.8. The molecule has 2 amide bonds. The van der Waals surface area contributed by atoms with Crippen molar-refractivity contribution in [1.29, 1.82) is 0 Å². The lowest BCUT2D eigenvalue weighted by Gasteiger charge is -2.48. The molecule has 1 aliphatic rings. The molecular formula is C43H36Cl3N2O10P. The number of benzene rings is 5. The molecule has 2 unspecified atom stereocenters. The standard InChI is InChI=1S/C43H36Cl3N2O10P/c44-43(45,46)29-57-42(53)56-28-36(50)58-39-37(47-35(49)27-54-31-18-8-2-9-19-31)38(51)48(39)40(41(52)55-26-30-16-6-1-7-17-30)59(32-20-10-3-11-21-32,33-22-12-4-13-23-33)34-24-14-5-15-25-34/h1-25,37,39H,26-29H2,(H,47,49). The number of alkyl halides is 3. The fourth-order valence-electron chi connectivity index (χ4n) is 6.25. The number of ether oxygens (including phenoxy) is 5. The van der Waals surface area contributed by atoms with Crippen molar-refractivity contribution in [2.45, 2.75) is 22.7 Å². The molecular weight excluding hydrogens is 842 g/mol. The molecule has 12 nitrogen and oxygen atoms in total. The lowest BCUT2D eigenvalue weighted by Crippen LogP contribution is -2.75. The summed E-state index contributed by atoms with van der Waals surface area (Å²) in [5.74, 6) is -3.19. The first-order valence-electron chi connectivity index (χ1n) is 18.0. The van der Waals surface area contributed by atoms with Crippen LogP contribution in [0.3, 0.4) is 0 Å². The predicted molar refractivity (Wildman–Crippen MR) is 225 cm³/mol. The monoisotopic (exact) mass is 876 g/mol. The summed E-state index contributed by atoms with van der Waals surface area (Å²) in [6.07, 6.45) is -3.01. The quantitative estimate of drug-likeness (QED) is 0.0460. The fraction of sp³-hybridized carbons (Fsp3) is 0.163. The van der Waals surface area contributed by atoms with Crippen LogP contribution >= 0.6 is 41.7 Å². The third-order valence-corrected chi connectivity index (χ3v) is 13.3. The molecule has 0 bridgehead atoms. The largest absolute Gasteiger partial charge is 0.508 e. The molecule has 16 heteroatoms. The molecule has 0 aliphatic carbocycles. The molecule has 5 aromatic carbocycles. The van der Waals surface area contributed by atoms with Crippen molar-refractivity contribution in [3.8, 4) is 5.75 Å². The van der Waals surface area contributed by atoms with Gasteiger partial charge in [0.15, 0.2) is 19.3 Å². The smallest absolute Gasteiger partial charge is 0.484 e. The van der Waals surface area contributed by atoms with Crippen molar-refractivity contribution >= 4 is 92.9 Å². The number of hydrogen-bond acceptors (Lipinski definition) is 10. The Morgan fingerprint density at radius 1 is 0.644 bits per heavy atom. The third kappa shape index (κ3) is 10.6. The number of halogens is 3. The molecule has 1 fully saturated rings. The predicted octanol–water partition coefficient (Wildman–Crippen LogP) is 5.65. The summed E-state index contributed by atoms with van der Waals surface area (Å²) < 4.78 is 25.2. The maximum absolute atomic E-state index is 15.1. The first-order chi connectivity index (χ1) is 28.5. The van der Waals surface area contributed by atoms with Crippen LogP contribution in [-0.4, -0.2) is 76.1 Å². The number of para-hydroxylation sites is 1. The topological polar surface area (TPSA) is 147 Å². The zero-order valence-corrected chi connectivity index (χ0v) is 34.2. The van der Waals surface area contributed by atoms with E-state index in [1.165, 1.54) is 0 Å². The summed E-state index contributed by atoms with van der Waals surface area (Å²) in [6.45, 7) is -5.84. The van der Waals surface area contributed by atoms with E-state index in [0.717, 1.165) is 4.90 Å². The van der Waals surface area contributed by atoms with Gasteiger partial charge in [0, 0.05) is 6.89 Å². The van der Waals surface area contributed by atoms with Crippen molar-refractivity contribution in [2.24, 2.45) is 0 Å². The van der Waals surface area contributed by atoms with Gasteiger partial charge in [-0.05, 0) is 33.6 Å². The summed E-state index contributed by atoms with van der Waals surface area (Å²) in [5.41, 5.74) is 0.525. The second-order valence-electron chi connectivity index (χ2n) is 12.7. The number of carbonyl (C=O) groups is 5. The molecule has 2 atom stereocenters. The zero-order chi connectivity index (χ0) is 41.8. The number of esters is 2. The van der Waals surface area contributed by atoms with Crippen LogP contribution in [0, 0.1) is 0 Å². The SMILES string of the molecule is O=C(COc1ccccc1)NC1C(=O)N(C(C(=O)OCc2ccccc2)=P(c2ccccc2)(c2ccccc2)c2ccccc2)C1OC(=O)COC(=O)OCC(Cl)(Cl)Cl. The maximum atomic E-state index is 15.1. The molecule has 0 saturated carbocycles. The molecule has 0 spiro atoms. The van der Waals surface area contributed by atoms with Gasteiger partial charge in [0.2, 0.25) is 10.0 Å². The van der Waals surface area contributed by atoms with E-state index in [4.69, 9.17) is 58.5 Å². The second kappa shape index (κ2) is 19.8. The van der Waals surface area contributed by atoms with Crippen LogP contribution < -0.4 is 26.0 Å². The van der Waals surface area contributed by atoms with Gasteiger partial charge in [-0.15, -0.1) is 0 Å². The first kappa shape index (κ1) is 42.8. The van der Waals surface area contributed by atoms with Crippen LogP contribution in [-0.2, 0) is 44.7 Å². The third-order valence-electron chi connectivity index (χ3n) is 8.76. The summed E-state index contributed by atoms with van der Waals surface area (Å²) in [5, 5.41) is 4.56. The number of β-lactam (4-membered cyclic amide) rings is 1. The number of rotatable bonds is 15. The second-order valence-corrected chi connectivity index (χ2v) is 18.6. The normalized spacial score (nSPS) is 14.9. The van der Waals surface area contributed by atoms with Gasteiger partial charge in [0.05, 0.1) is 0 Å². The Labute approximate surface area is 354 Å². The highest BCUT2D eigenvalue weighted by atomic mass is 35.6. The first-order valence-corrected chi connectivity index (χ1v) is 20.9. The Kier molecular flexibility index (Phi) is 14.4. The molecule has 5 aromatic rings. The summed E-state index contributed by atoms with van der Waals surface area (Å²) >= 11 is 16.9. The number of nitrogens with zero attached hydrogens (tertiary/aromatic N) is 1. The van der Waals surface area contributed by atoms with E-state index in [-0.39, 0.29) is 12.0 Å². The van der Waals surface area contributed by atoms with Crippen molar-refractivity contribution in [1.82, 2.24) is 10.2 Å². The molecule has 304 valence electrons. The van der Waals surface area contributed by atoms with Crippen LogP contribution in [0.4, 0.5) is 4.79 Å². The van der Waals surface area contributed by atoms with E-state index in [0.29, 0.717) is 27.2 Å². The number of nitrogens with one attached hydrogen (secondary N) is 1. The minimum atomic E-state index is -3.47.